The third-order valence-corrected chi connectivity index (χ3v) is 4.90. The lowest BCUT2D eigenvalue weighted by Gasteiger charge is -2.39. The summed E-state index contributed by atoms with van der Waals surface area (Å²) in [4.78, 5) is 0. The Morgan fingerprint density at radius 2 is 1.63 bits per heavy atom. The average Bonchev–Trinajstić information content (AvgIpc) is 2.74. The first-order valence-electron chi connectivity index (χ1n) is 8.40. The monoisotopic (exact) mass is 267 g/mol. The molecule has 1 N–H and O–H groups in total. The third-order valence-electron chi connectivity index (χ3n) is 4.90. The average molecular weight is 267 g/mol. The van der Waals surface area contributed by atoms with Gasteiger partial charge in [-0.05, 0) is 43.9 Å². The fraction of sp³-hybridized carbons (Fsp3) is 1.00. The Labute approximate surface area is 119 Å². The second-order valence-corrected chi connectivity index (χ2v) is 7.58. The summed E-state index contributed by atoms with van der Waals surface area (Å²) in [5.74, 6) is 1.68. The summed E-state index contributed by atoms with van der Waals surface area (Å²) in [7, 11) is 0. The van der Waals surface area contributed by atoms with Gasteiger partial charge in [-0.15, -0.1) is 0 Å². The van der Waals surface area contributed by atoms with Crippen LogP contribution in [0, 0.1) is 11.8 Å². The van der Waals surface area contributed by atoms with E-state index in [1.165, 1.54) is 44.9 Å². The van der Waals surface area contributed by atoms with Gasteiger partial charge >= 0.3 is 0 Å². The number of hydrogen-bond donors (Lipinski definition) is 1. The smallest absolute Gasteiger partial charge is 0.0810 e. The normalized spacial score (nSPS) is 34.9. The lowest BCUT2D eigenvalue weighted by atomic mass is 9.81. The number of ether oxygens (including phenoxy) is 1. The van der Waals surface area contributed by atoms with Gasteiger partial charge in [0, 0.05) is 12.6 Å². The van der Waals surface area contributed by atoms with Gasteiger partial charge < -0.3 is 10.1 Å². The molecule has 2 heteroatoms. The largest absolute Gasteiger partial charge is 0.370 e. The van der Waals surface area contributed by atoms with Crippen molar-refractivity contribution in [1.82, 2.24) is 5.32 Å². The van der Waals surface area contributed by atoms with Gasteiger partial charge in [-0.25, -0.2) is 0 Å². The van der Waals surface area contributed by atoms with E-state index in [4.69, 9.17) is 4.74 Å². The first-order valence-corrected chi connectivity index (χ1v) is 8.40. The maximum absolute atomic E-state index is 6.67. The molecule has 0 bridgehead atoms. The van der Waals surface area contributed by atoms with Gasteiger partial charge in [-0.1, -0.05) is 40.5 Å². The summed E-state index contributed by atoms with van der Waals surface area (Å²) in [5, 5.41) is 3.62. The standard InChI is InChI=1S/C17H33NO/c1-13(2)18-12-17(7-5-6-8-17)19-16-10-14(3)9-15(4)11-16/h13-16,18H,5-12H2,1-4H3. The quantitative estimate of drug-likeness (QED) is 0.808. The molecule has 2 aliphatic carbocycles. The molecule has 2 fully saturated rings. The molecule has 2 nitrogen and oxygen atoms in total. The Morgan fingerprint density at radius 3 is 2.16 bits per heavy atom. The van der Waals surface area contributed by atoms with E-state index in [-0.39, 0.29) is 5.60 Å². The van der Waals surface area contributed by atoms with E-state index >= 15 is 0 Å². The Hall–Kier alpha value is -0.0800. The van der Waals surface area contributed by atoms with Crippen LogP contribution in [-0.4, -0.2) is 24.3 Å². The minimum Gasteiger partial charge on any atom is -0.370 e. The van der Waals surface area contributed by atoms with E-state index < -0.39 is 0 Å². The molecular formula is C17H33NO. The molecule has 0 radical (unpaired) electrons. The predicted molar refractivity (Wildman–Crippen MR) is 81.4 cm³/mol. The molecule has 2 aliphatic rings. The molecule has 0 heterocycles. The van der Waals surface area contributed by atoms with Crippen molar-refractivity contribution in [2.24, 2.45) is 11.8 Å². The van der Waals surface area contributed by atoms with Crippen molar-refractivity contribution in [3.8, 4) is 0 Å². The molecule has 0 spiro atoms. The van der Waals surface area contributed by atoms with E-state index in [0.29, 0.717) is 12.1 Å². The second kappa shape index (κ2) is 6.58. The summed E-state index contributed by atoms with van der Waals surface area (Å²) < 4.78 is 6.67. The summed E-state index contributed by atoms with van der Waals surface area (Å²) >= 11 is 0. The van der Waals surface area contributed by atoms with Gasteiger partial charge in [-0.2, -0.15) is 0 Å². The van der Waals surface area contributed by atoms with E-state index in [0.717, 1.165) is 18.4 Å². The van der Waals surface area contributed by atoms with Gasteiger partial charge in [0.15, 0.2) is 0 Å². The molecule has 2 unspecified atom stereocenters. The number of nitrogens with one attached hydrogen (secondary N) is 1. The third kappa shape index (κ3) is 4.46. The predicted octanol–water partition coefficient (Wildman–Crippen LogP) is 4.14. The molecule has 112 valence electrons. The van der Waals surface area contributed by atoms with Gasteiger partial charge in [-0.3, -0.25) is 0 Å². The Balaban J connectivity index is 1.92. The summed E-state index contributed by atoms with van der Waals surface area (Å²) in [6, 6.07) is 0.560. The van der Waals surface area contributed by atoms with Crippen molar-refractivity contribution >= 4 is 0 Å². The van der Waals surface area contributed by atoms with Crippen LogP contribution in [0.4, 0.5) is 0 Å². The van der Waals surface area contributed by atoms with E-state index in [9.17, 15) is 0 Å². The molecular weight excluding hydrogens is 234 g/mol. The molecule has 19 heavy (non-hydrogen) atoms. The van der Waals surface area contributed by atoms with Crippen molar-refractivity contribution < 1.29 is 4.74 Å². The first-order chi connectivity index (χ1) is 8.99. The van der Waals surface area contributed by atoms with E-state index in [1.54, 1.807) is 0 Å². The number of hydrogen-bond acceptors (Lipinski definition) is 2. The summed E-state index contributed by atoms with van der Waals surface area (Å²) in [6.07, 6.45) is 9.64. The molecule has 0 saturated heterocycles. The zero-order valence-corrected chi connectivity index (χ0v) is 13.4. The van der Waals surface area contributed by atoms with Crippen LogP contribution < -0.4 is 5.32 Å². The SMILES string of the molecule is CC1CC(C)CC(OC2(CNC(C)C)CCCC2)C1. The van der Waals surface area contributed by atoms with Crippen molar-refractivity contribution in [3.63, 3.8) is 0 Å². The van der Waals surface area contributed by atoms with E-state index in [2.05, 4.69) is 33.0 Å². The molecule has 0 amide bonds. The first kappa shape index (κ1) is 15.3. The molecule has 0 aliphatic heterocycles. The Morgan fingerprint density at radius 1 is 1.05 bits per heavy atom. The highest BCUT2D eigenvalue weighted by Gasteiger charge is 2.38. The minimum atomic E-state index is 0.145. The zero-order valence-electron chi connectivity index (χ0n) is 13.4. The molecule has 2 atom stereocenters. The molecule has 0 aromatic heterocycles. The Bertz CT molecular complexity index is 260. The van der Waals surface area contributed by atoms with Gasteiger partial charge in [0.25, 0.3) is 0 Å². The minimum absolute atomic E-state index is 0.145. The molecule has 0 aromatic rings. The van der Waals surface area contributed by atoms with Gasteiger partial charge in [0.05, 0.1) is 11.7 Å². The maximum atomic E-state index is 6.67. The van der Waals surface area contributed by atoms with Crippen LogP contribution in [0.5, 0.6) is 0 Å². The van der Waals surface area contributed by atoms with Crippen LogP contribution in [0.25, 0.3) is 0 Å². The Kier molecular flexibility index (Phi) is 5.30. The van der Waals surface area contributed by atoms with Crippen LogP contribution >= 0.6 is 0 Å². The fourth-order valence-corrected chi connectivity index (χ4v) is 4.07. The van der Waals surface area contributed by atoms with Crippen LogP contribution in [0.1, 0.15) is 72.6 Å². The van der Waals surface area contributed by atoms with Crippen molar-refractivity contribution in [1.29, 1.82) is 0 Å². The highest BCUT2D eigenvalue weighted by atomic mass is 16.5. The van der Waals surface area contributed by atoms with Crippen molar-refractivity contribution in [3.05, 3.63) is 0 Å². The second-order valence-electron chi connectivity index (χ2n) is 7.58. The highest BCUT2D eigenvalue weighted by Crippen LogP contribution is 2.38. The molecule has 0 aromatic carbocycles. The maximum Gasteiger partial charge on any atom is 0.0810 e. The molecule has 2 saturated carbocycles. The summed E-state index contributed by atoms with van der Waals surface area (Å²) in [5.41, 5.74) is 0.145. The van der Waals surface area contributed by atoms with Crippen LogP contribution in [0.15, 0.2) is 0 Å². The lowest BCUT2D eigenvalue weighted by molar-refractivity contribution is -0.113. The van der Waals surface area contributed by atoms with Crippen LogP contribution in [-0.2, 0) is 4.74 Å². The van der Waals surface area contributed by atoms with Crippen molar-refractivity contribution in [2.45, 2.75) is 90.4 Å². The summed E-state index contributed by atoms with van der Waals surface area (Å²) in [6.45, 7) is 10.3. The highest BCUT2D eigenvalue weighted by molar-refractivity contribution is 4.91. The van der Waals surface area contributed by atoms with Gasteiger partial charge in [0.1, 0.15) is 0 Å². The van der Waals surface area contributed by atoms with Crippen LogP contribution in [0.3, 0.4) is 0 Å². The van der Waals surface area contributed by atoms with E-state index in [1.807, 2.05) is 0 Å². The van der Waals surface area contributed by atoms with Crippen LogP contribution in [0.2, 0.25) is 0 Å². The fourth-order valence-electron chi connectivity index (χ4n) is 4.07. The number of rotatable bonds is 5. The lowest BCUT2D eigenvalue weighted by Crippen LogP contribution is -2.46. The molecule has 2 rings (SSSR count). The zero-order chi connectivity index (χ0) is 13.9. The van der Waals surface area contributed by atoms with Gasteiger partial charge in [0.2, 0.25) is 0 Å². The topological polar surface area (TPSA) is 21.3 Å². The van der Waals surface area contributed by atoms with Crippen molar-refractivity contribution in [2.75, 3.05) is 6.54 Å².